The summed E-state index contributed by atoms with van der Waals surface area (Å²) in [5.41, 5.74) is 0.687. The van der Waals surface area contributed by atoms with Gasteiger partial charge in [0.25, 0.3) is 17.7 Å². The Kier molecular flexibility index (Phi) is 5.19. The molecule has 1 aromatic carbocycles. The molecule has 0 bridgehead atoms. The lowest BCUT2D eigenvalue weighted by molar-refractivity contribution is -0.122. The molecule has 0 N–H and O–H groups in total. The second-order valence-corrected chi connectivity index (χ2v) is 7.43. The Hall–Kier alpha value is -2.19. The standard InChI is InChI=1S/C17H17N3O3S2/c1-19-8-10-25-17(19)18-14(21)13(7-9-24-2)20-15(22)11-5-3-4-6-12(11)16(20)23/h3-6,8,10,13H,7,9H2,1-2H3. The molecule has 0 aliphatic carbocycles. The Morgan fingerprint density at radius 2 is 1.88 bits per heavy atom. The number of carbonyl (C=O) groups is 3. The molecule has 6 nitrogen and oxygen atoms in total. The minimum atomic E-state index is -0.887. The van der Waals surface area contributed by atoms with Gasteiger partial charge >= 0.3 is 0 Å². The number of nitrogens with zero attached hydrogens (tertiary/aromatic N) is 3. The van der Waals surface area contributed by atoms with E-state index in [1.807, 2.05) is 11.6 Å². The number of imide groups is 1. The average molecular weight is 375 g/mol. The van der Waals surface area contributed by atoms with Crippen LogP contribution < -0.4 is 4.80 Å². The minimum Gasteiger partial charge on any atom is -0.327 e. The number of thiazole rings is 1. The molecule has 1 aliphatic rings. The summed E-state index contributed by atoms with van der Waals surface area (Å²) in [6, 6.07) is 5.76. The van der Waals surface area contributed by atoms with Gasteiger partial charge in [0, 0.05) is 18.6 Å². The Bertz CT molecular complexity index is 865. The van der Waals surface area contributed by atoms with Crippen molar-refractivity contribution in [3.8, 4) is 0 Å². The Morgan fingerprint density at radius 1 is 1.24 bits per heavy atom. The maximum atomic E-state index is 12.8. The van der Waals surface area contributed by atoms with E-state index in [0.29, 0.717) is 28.1 Å². The van der Waals surface area contributed by atoms with Crippen LogP contribution in [0.3, 0.4) is 0 Å². The highest BCUT2D eigenvalue weighted by Crippen LogP contribution is 2.26. The van der Waals surface area contributed by atoms with E-state index < -0.39 is 23.8 Å². The summed E-state index contributed by atoms with van der Waals surface area (Å²) in [7, 11) is 1.79. The SMILES string of the molecule is CSCCC(C(=O)N=c1sccn1C)N1C(=O)c2ccccc2C1=O. The maximum Gasteiger partial charge on any atom is 0.271 e. The van der Waals surface area contributed by atoms with Gasteiger partial charge in [0.15, 0.2) is 4.80 Å². The summed E-state index contributed by atoms with van der Waals surface area (Å²) in [6.45, 7) is 0. The summed E-state index contributed by atoms with van der Waals surface area (Å²) in [5.74, 6) is -0.672. The second kappa shape index (κ2) is 7.37. The number of carbonyl (C=O) groups excluding carboxylic acids is 3. The molecule has 1 unspecified atom stereocenters. The number of fused-ring (bicyclic) bond motifs is 1. The number of hydrogen-bond acceptors (Lipinski definition) is 5. The molecular formula is C17H17N3O3S2. The van der Waals surface area contributed by atoms with Gasteiger partial charge in [-0.25, -0.2) is 0 Å². The summed E-state index contributed by atoms with van der Waals surface area (Å²) in [4.78, 5) is 43.9. The van der Waals surface area contributed by atoms with Crippen LogP contribution in [0.2, 0.25) is 0 Å². The van der Waals surface area contributed by atoms with Crippen molar-refractivity contribution in [2.45, 2.75) is 12.5 Å². The summed E-state index contributed by atoms with van der Waals surface area (Å²) in [6.07, 6.45) is 4.10. The summed E-state index contributed by atoms with van der Waals surface area (Å²) < 4.78 is 1.73. The zero-order valence-corrected chi connectivity index (χ0v) is 15.5. The molecule has 0 saturated heterocycles. The first kappa shape index (κ1) is 17.6. The van der Waals surface area contributed by atoms with E-state index in [2.05, 4.69) is 4.99 Å². The zero-order chi connectivity index (χ0) is 18.0. The molecular weight excluding hydrogens is 358 g/mol. The van der Waals surface area contributed by atoms with Crippen molar-refractivity contribution < 1.29 is 14.4 Å². The number of benzene rings is 1. The third-order valence-electron chi connectivity index (χ3n) is 3.98. The normalized spacial score (nSPS) is 15.6. The largest absolute Gasteiger partial charge is 0.327 e. The third kappa shape index (κ3) is 3.32. The Labute approximate surface area is 153 Å². The molecule has 1 aromatic heterocycles. The first-order chi connectivity index (χ1) is 12.0. The highest BCUT2D eigenvalue weighted by molar-refractivity contribution is 7.98. The van der Waals surface area contributed by atoms with Gasteiger partial charge in [0.1, 0.15) is 6.04 Å². The van der Waals surface area contributed by atoms with E-state index in [1.54, 1.807) is 53.8 Å². The van der Waals surface area contributed by atoms with Gasteiger partial charge in [-0.2, -0.15) is 16.8 Å². The molecule has 0 radical (unpaired) electrons. The molecule has 0 fully saturated rings. The number of amides is 3. The quantitative estimate of drug-likeness (QED) is 0.749. The first-order valence-electron chi connectivity index (χ1n) is 7.69. The molecule has 3 amide bonds. The van der Waals surface area contributed by atoms with Crippen molar-refractivity contribution in [1.29, 1.82) is 0 Å². The van der Waals surface area contributed by atoms with E-state index in [9.17, 15) is 14.4 Å². The van der Waals surface area contributed by atoms with E-state index in [0.717, 1.165) is 4.90 Å². The van der Waals surface area contributed by atoms with Crippen LogP contribution >= 0.6 is 23.1 Å². The Morgan fingerprint density at radius 3 is 2.40 bits per heavy atom. The predicted molar refractivity (Wildman–Crippen MR) is 97.6 cm³/mol. The lowest BCUT2D eigenvalue weighted by Gasteiger charge is -2.23. The molecule has 25 heavy (non-hydrogen) atoms. The van der Waals surface area contributed by atoms with Crippen LogP contribution in [-0.2, 0) is 11.8 Å². The Balaban J connectivity index is 1.97. The van der Waals surface area contributed by atoms with Crippen molar-refractivity contribution in [3.63, 3.8) is 0 Å². The molecule has 3 rings (SSSR count). The van der Waals surface area contributed by atoms with Crippen molar-refractivity contribution in [1.82, 2.24) is 9.47 Å². The van der Waals surface area contributed by atoms with Crippen LogP contribution in [0, 0.1) is 0 Å². The van der Waals surface area contributed by atoms with Gasteiger partial charge in [-0.15, -0.1) is 11.3 Å². The van der Waals surface area contributed by atoms with Crippen LogP contribution in [0.15, 0.2) is 40.8 Å². The number of hydrogen-bond donors (Lipinski definition) is 0. The fraction of sp³-hybridized carbons (Fsp3) is 0.294. The van der Waals surface area contributed by atoms with Crippen molar-refractivity contribution in [2.75, 3.05) is 12.0 Å². The smallest absolute Gasteiger partial charge is 0.271 e. The van der Waals surface area contributed by atoms with Crippen LogP contribution in [0.5, 0.6) is 0 Å². The summed E-state index contributed by atoms with van der Waals surface area (Å²) >= 11 is 2.89. The van der Waals surface area contributed by atoms with Crippen LogP contribution in [0.25, 0.3) is 0 Å². The van der Waals surface area contributed by atoms with Crippen molar-refractivity contribution in [3.05, 3.63) is 51.8 Å². The maximum absolute atomic E-state index is 12.8. The van der Waals surface area contributed by atoms with E-state index >= 15 is 0 Å². The topological polar surface area (TPSA) is 71.7 Å². The fourth-order valence-corrected chi connectivity index (χ4v) is 3.88. The molecule has 0 spiro atoms. The van der Waals surface area contributed by atoms with Crippen molar-refractivity contribution >= 4 is 40.8 Å². The van der Waals surface area contributed by atoms with Gasteiger partial charge in [0.05, 0.1) is 11.1 Å². The van der Waals surface area contributed by atoms with Gasteiger partial charge in [-0.1, -0.05) is 12.1 Å². The molecule has 8 heteroatoms. The number of aryl methyl sites for hydroxylation is 1. The average Bonchev–Trinajstić information content (AvgIpc) is 3.12. The lowest BCUT2D eigenvalue weighted by Crippen LogP contribution is -2.45. The van der Waals surface area contributed by atoms with E-state index in [1.165, 1.54) is 11.3 Å². The molecule has 1 aliphatic heterocycles. The van der Waals surface area contributed by atoms with Crippen LogP contribution in [0.4, 0.5) is 0 Å². The first-order valence-corrected chi connectivity index (χ1v) is 9.96. The van der Waals surface area contributed by atoms with Gasteiger partial charge in [-0.3, -0.25) is 19.3 Å². The van der Waals surface area contributed by atoms with E-state index in [4.69, 9.17) is 0 Å². The number of aromatic nitrogens is 1. The summed E-state index contributed by atoms with van der Waals surface area (Å²) in [5, 5.41) is 1.82. The number of rotatable bonds is 5. The zero-order valence-electron chi connectivity index (χ0n) is 13.8. The van der Waals surface area contributed by atoms with Gasteiger partial charge in [-0.05, 0) is 30.6 Å². The molecule has 0 saturated carbocycles. The fourth-order valence-electron chi connectivity index (χ4n) is 2.69. The van der Waals surface area contributed by atoms with Crippen molar-refractivity contribution in [2.24, 2.45) is 12.0 Å². The highest BCUT2D eigenvalue weighted by atomic mass is 32.2. The van der Waals surface area contributed by atoms with Crippen LogP contribution in [0.1, 0.15) is 27.1 Å². The van der Waals surface area contributed by atoms with Crippen LogP contribution in [-0.4, -0.2) is 45.2 Å². The molecule has 1 atom stereocenters. The molecule has 2 heterocycles. The molecule has 130 valence electrons. The minimum absolute atomic E-state index is 0.344. The lowest BCUT2D eigenvalue weighted by atomic mass is 10.1. The predicted octanol–water partition coefficient (Wildman–Crippen LogP) is 1.93. The third-order valence-corrected chi connectivity index (χ3v) is 5.47. The molecule has 2 aromatic rings. The van der Waals surface area contributed by atoms with Gasteiger partial charge in [0.2, 0.25) is 0 Å². The van der Waals surface area contributed by atoms with E-state index in [-0.39, 0.29) is 0 Å². The second-order valence-electron chi connectivity index (χ2n) is 5.57. The highest BCUT2D eigenvalue weighted by Gasteiger charge is 2.42. The monoisotopic (exact) mass is 375 g/mol. The number of thioether (sulfide) groups is 1. The van der Waals surface area contributed by atoms with Gasteiger partial charge < -0.3 is 4.57 Å².